The van der Waals surface area contributed by atoms with E-state index in [1.165, 1.54) is 0 Å². The van der Waals surface area contributed by atoms with Gasteiger partial charge in [-0.25, -0.2) is 0 Å². The standard InChI is InChI=1S/C12H21N3O/c1-9(2)8-15-7-5-10(3)14-12(16)11(15)4-6-13/h9-11H,4-5,7-8H2,1-3H3,(H,14,16). The lowest BCUT2D eigenvalue weighted by Gasteiger charge is -2.27. The summed E-state index contributed by atoms with van der Waals surface area (Å²) >= 11 is 0. The Labute approximate surface area is 97.6 Å². The molecule has 0 aromatic heterocycles. The van der Waals surface area contributed by atoms with Gasteiger partial charge in [-0.3, -0.25) is 9.69 Å². The lowest BCUT2D eigenvalue weighted by molar-refractivity contribution is -0.125. The number of nitrogens with one attached hydrogen (secondary N) is 1. The summed E-state index contributed by atoms with van der Waals surface area (Å²) in [6.07, 6.45) is 1.24. The molecule has 1 aliphatic rings. The molecule has 16 heavy (non-hydrogen) atoms. The predicted molar refractivity (Wildman–Crippen MR) is 62.7 cm³/mol. The molecule has 0 aromatic rings. The Morgan fingerprint density at radius 2 is 2.31 bits per heavy atom. The summed E-state index contributed by atoms with van der Waals surface area (Å²) in [5.74, 6) is 0.523. The number of carbonyl (C=O) groups is 1. The highest BCUT2D eigenvalue weighted by molar-refractivity contribution is 5.82. The SMILES string of the molecule is CC(C)CN1CCC(C)NC(=O)C1CC#N. The van der Waals surface area contributed by atoms with Gasteiger partial charge in [-0.2, -0.15) is 5.26 Å². The van der Waals surface area contributed by atoms with Crippen LogP contribution < -0.4 is 5.32 Å². The number of nitriles is 1. The van der Waals surface area contributed by atoms with Crippen molar-refractivity contribution in [2.24, 2.45) is 5.92 Å². The van der Waals surface area contributed by atoms with Crippen LogP contribution in [0.4, 0.5) is 0 Å². The smallest absolute Gasteiger partial charge is 0.238 e. The van der Waals surface area contributed by atoms with Crippen molar-refractivity contribution in [3.63, 3.8) is 0 Å². The average molecular weight is 223 g/mol. The number of rotatable bonds is 3. The lowest BCUT2D eigenvalue weighted by Crippen LogP contribution is -2.46. The van der Waals surface area contributed by atoms with Gasteiger partial charge >= 0.3 is 0 Å². The largest absolute Gasteiger partial charge is 0.352 e. The first-order chi connectivity index (χ1) is 7.54. The molecule has 4 nitrogen and oxygen atoms in total. The van der Waals surface area contributed by atoms with E-state index in [0.717, 1.165) is 19.5 Å². The Balaban J connectivity index is 2.75. The van der Waals surface area contributed by atoms with E-state index < -0.39 is 0 Å². The second-order valence-electron chi connectivity index (χ2n) is 4.97. The van der Waals surface area contributed by atoms with Crippen LogP contribution in [-0.4, -0.2) is 36.0 Å². The van der Waals surface area contributed by atoms with E-state index in [-0.39, 0.29) is 24.4 Å². The quantitative estimate of drug-likeness (QED) is 0.780. The first-order valence-electron chi connectivity index (χ1n) is 5.96. The summed E-state index contributed by atoms with van der Waals surface area (Å²) in [6.45, 7) is 8.06. The third kappa shape index (κ3) is 3.49. The Morgan fingerprint density at radius 1 is 1.62 bits per heavy atom. The van der Waals surface area contributed by atoms with E-state index in [9.17, 15) is 4.79 Å². The molecular weight excluding hydrogens is 202 g/mol. The van der Waals surface area contributed by atoms with E-state index in [1.807, 2.05) is 6.92 Å². The van der Waals surface area contributed by atoms with Gasteiger partial charge in [-0.05, 0) is 19.3 Å². The molecule has 2 unspecified atom stereocenters. The molecule has 0 aromatic carbocycles. The number of amides is 1. The molecule has 4 heteroatoms. The zero-order valence-electron chi connectivity index (χ0n) is 10.4. The predicted octanol–water partition coefficient (Wildman–Crippen LogP) is 1.14. The summed E-state index contributed by atoms with van der Waals surface area (Å²) in [6, 6.07) is 2.06. The van der Waals surface area contributed by atoms with Crippen LogP contribution in [0.5, 0.6) is 0 Å². The molecule has 1 amide bonds. The van der Waals surface area contributed by atoms with Crippen LogP contribution in [0.1, 0.15) is 33.6 Å². The maximum absolute atomic E-state index is 11.9. The van der Waals surface area contributed by atoms with Crippen molar-refractivity contribution < 1.29 is 4.79 Å². The van der Waals surface area contributed by atoms with Gasteiger partial charge in [-0.1, -0.05) is 13.8 Å². The summed E-state index contributed by atoms with van der Waals surface area (Å²) in [5.41, 5.74) is 0. The van der Waals surface area contributed by atoms with Crippen molar-refractivity contribution >= 4 is 5.91 Å². The Bertz CT molecular complexity index is 282. The summed E-state index contributed by atoms with van der Waals surface area (Å²) in [4.78, 5) is 14.0. The zero-order valence-corrected chi connectivity index (χ0v) is 10.4. The van der Waals surface area contributed by atoms with Crippen molar-refractivity contribution in [1.82, 2.24) is 10.2 Å². The Hall–Kier alpha value is -1.08. The van der Waals surface area contributed by atoms with Crippen molar-refractivity contribution in [2.45, 2.75) is 45.7 Å². The van der Waals surface area contributed by atoms with Crippen LogP contribution in [0, 0.1) is 17.2 Å². The molecular formula is C12H21N3O. The fourth-order valence-electron chi connectivity index (χ4n) is 2.09. The van der Waals surface area contributed by atoms with Crippen molar-refractivity contribution in [1.29, 1.82) is 5.26 Å². The minimum atomic E-state index is -0.266. The molecule has 0 bridgehead atoms. The molecule has 1 heterocycles. The van der Waals surface area contributed by atoms with Crippen LogP contribution in [0.2, 0.25) is 0 Å². The molecule has 2 atom stereocenters. The number of carbonyl (C=O) groups excluding carboxylic acids is 1. The average Bonchev–Trinajstić information content (AvgIpc) is 2.30. The van der Waals surface area contributed by atoms with Gasteiger partial charge in [0.25, 0.3) is 0 Å². The van der Waals surface area contributed by atoms with Gasteiger partial charge < -0.3 is 5.32 Å². The van der Waals surface area contributed by atoms with Crippen LogP contribution in [0.15, 0.2) is 0 Å². The molecule has 90 valence electrons. The fourth-order valence-corrected chi connectivity index (χ4v) is 2.09. The molecule has 0 saturated carbocycles. The van der Waals surface area contributed by atoms with Gasteiger partial charge in [-0.15, -0.1) is 0 Å². The second-order valence-corrected chi connectivity index (χ2v) is 4.97. The monoisotopic (exact) mass is 223 g/mol. The topological polar surface area (TPSA) is 56.1 Å². The van der Waals surface area contributed by atoms with Crippen molar-refractivity contribution in [3.8, 4) is 6.07 Å². The maximum atomic E-state index is 11.9. The normalized spacial score (nSPS) is 27.3. The lowest BCUT2D eigenvalue weighted by atomic mass is 10.1. The molecule has 0 aliphatic carbocycles. The summed E-state index contributed by atoms with van der Waals surface area (Å²) < 4.78 is 0. The Morgan fingerprint density at radius 3 is 2.88 bits per heavy atom. The molecule has 1 N–H and O–H groups in total. The van der Waals surface area contributed by atoms with Crippen LogP contribution in [0.25, 0.3) is 0 Å². The van der Waals surface area contributed by atoms with Crippen LogP contribution >= 0.6 is 0 Å². The van der Waals surface area contributed by atoms with E-state index in [2.05, 4.69) is 30.1 Å². The second kappa shape index (κ2) is 5.86. The Kier molecular flexibility index (Phi) is 4.75. The molecule has 1 rings (SSSR count). The van der Waals surface area contributed by atoms with E-state index >= 15 is 0 Å². The van der Waals surface area contributed by atoms with Crippen LogP contribution in [0.3, 0.4) is 0 Å². The first kappa shape index (κ1) is 13.0. The van der Waals surface area contributed by atoms with E-state index in [1.54, 1.807) is 0 Å². The van der Waals surface area contributed by atoms with Crippen molar-refractivity contribution in [3.05, 3.63) is 0 Å². The van der Waals surface area contributed by atoms with Gasteiger partial charge in [0.05, 0.1) is 12.5 Å². The molecule has 1 aliphatic heterocycles. The number of hydrogen-bond acceptors (Lipinski definition) is 3. The van der Waals surface area contributed by atoms with Gasteiger partial charge in [0.2, 0.25) is 5.91 Å². The van der Waals surface area contributed by atoms with E-state index in [0.29, 0.717) is 5.92 Å². The first-order valence-corrected chi connectivity index (χ1v) is 5.96. The number of nitrogens with zero attached hydrogens (tertiary/aromatic N) is 2. The zero-order chi connectivity index (χ0) is 12.1. The highest BCUT2D eigenvalue weighted by atomic mass is 16.2. The third-order valence-corrected chi connectivity index (χ3v) is 2.87. The summed E-state index contributed by atoms with van der Waals surface area (Å²) in [7, 11) is 0. The highest BCUT2D eigenvalue weighted by Crippen LogP contribution is 2.13. The maximum Gasteiger partial charge on any atom is 0.238 e. The van der Waals surface area contributed by atoms with Gasteiger partial charge in [0.1, 0.15) is 6.04 Å². The minimum absolute atomic E-state index is 0.00667. The molecule has 1 saturated heterocycles. The van der Waals surface area contributed by atoms with Crippen molar-refractivity contribution in [2.75, 3.05) is 13.1 Å². The van der Waals surface area contributed by atoms with Gasteiger partial charge in [0, 0.05) is 19.1 Å². The number of hydrogen-bond donors (Lipinski definition) is 1. The molecule has 0 radical (unpaired) electrons. The van der Waals surface area contributed by atoms with Gasteiger partial charge in [0.15, 0.2) is 0 Å². The molecule has 1 fully saturated rings. The van der Waals surface area contributed by atoms with E-state index in [4.69, 9.17) is 5.26 Å². The summed E-state index contributed by atoms with van der Waals surface area (Å²) in [5, 5.41) is 11.7. The highest BCUT2D eigenvalue weighted by Gasteiger charge is 2.30. The molecule has 0 spiro atoms. The fraction of sp³-hybridized carbons (Fsp3) is 0.833. The van der Waals surface area contributed by atoms with Crippen LogP contribution in [-0.2, 0) is 4.79 Å². The minimum Gasteiger partial charge on any atom is -0.352 e. The third-order valence-electron chi connectivity index (χ3n) is 2.87.